The van der Waals surface area contributed by atoms with Crippen LogP contribution < -0.4 is 0 Å². The number of rotatable bonds is 3. The highest BCUT2D eigenvalue weighted by atomic mass is 16.7. The van der Waals surface area contributed by atoms with Crippen molar-refractivity contribution in [2.45, 2.75) is 47.0 Å². The van der Waals surface area contributed by atoms with Gasteiger partial charge in [0.2, 0.25) is 6.29 Å². The molecule has 15 heavy (non-hydrogen) atoms. The Labute approximate surface area is 91.1 Å². The second kappa shape index (κ2) is 3.21. The van der Waals surface area contributed by atoms with Crippen molar-refractivity contribution in [1.29, 1.82) is 0 Å². The lowest BCUT2D eigenvalue weighted by molar-refractivity contribution is -0.189. The molecule has 1 saturated heterocycles. The van der Waals surface area contributed by atoms with Crippen LogP contribution in [0.3, 0.4) is 0 Å². The standard InChI is InChI=1S/C12H20O3/c1-6(2)7(3)14-11-9-8(10(13)15-11)12(9,4)5/h6-9,11H,1-5H3/t7-,8?,9?,11-/m1/s1. The number of fused-ring (bicyclic) bond motifs is 1. The Hall–Kier alpha value is -0.570. The van der Waals surface area contributed by atoms with Crippen molar-refractivity contribution in [3.63, 3.8) is 0 Å². The zero-order chi connectivity index (χ0) is 11.4. The molecule has 0 N–H and O–H groups in total. The second-order valence-electron chi connectivity index (χ2n) is 5.72. The highest BCUT2D eigenvalue weighted by molar-refractivity contribution is 5.80. The van der Waals surface area contributed by atoms with Crippen LogP contribution in [0.1, 0.15) is 34.6 Å². The van der Waals surface area contributed by atoms with E-state index in [2.05, 4.69) is 27.7 Å². The third kappa shape index (κ3) is 1.57. The van der Waals surface area contributed by atoms with Crippen LogP contribution in [0.5, 0.6) is 0 Å². The average molecular weight is 212 g/mol. The highest BCUT2D eigenvalue weighted by Gasteiger charge is 2.72. The Morgan fingerprint density at radius 1 is 1.33 bits per heavy atom. The molecular weight excluding hydrogens is 192 g/mol. The van der Waals surface area contributed by atoms with Crippen LogP contribution in [0.15, 0.2) is 0 Å². The molecule has 4 atom stereocenters. The summed E-state index contributed by atoms with van der Waals surface area (Å²) in [6.45, 7) is 10.5. The van der Waals surface area contributed by atoms with Gasteiger partial charge in [0.1, 0.15) is 0 Å². The van der Waals surface area contributed by atoms with Crippen molar-refractivity contribution < 1.29 is 14.3 Å². The maximum absolute atomic E-state index is 11.5. The predicted octanol–water partition coefficient (Wildman–Crippen LogP) is 2.20. The van der Waals surface area contributed by atoms with Gasteiger partial charge < -0.3 is 9.47 Å². The van der Waals surface area contributed by atoms with E-state index in [0.29, 0.717) is 5.92 Å². The first-order valence-electron chi connectivity index (χ1n) is 5.71. The van der Waals surface area contributed by atoms with Gasteiger partial charge in [0.25, 0.3) is 0 Å². The molecular formula is C12H20O3. The number of hydrogen-bond donors (Lipinski definition) is 0. The van der Waals surface area contributed by atoms with E-state index < -0.39 is 0 Å². The molecule has 1 saturated carbocycles. The molecule has 2 rings (SSSR count). The summed E-state index contributed by atoms with van der Waals surface area (Å²) < 4.78 is 11.0. The van der Waals surface area contributed by atoms with Gasteiger partial charge in [-0.2, -0.15) is 0 Å². The maximum Gasteiger partial charge on any atom is 0.312 e. The minimum absolute atomic E-state index is 0.0712. The average Bonchev–Trinajstić information content (AvgIpc) is 2.47. The van der Waals surface area contributed by atoms with Gasteiger partial charge in [-0.15, -0.1) is 0 Å². The lowest BCUT2D eigenvalue weighted by Crippen LogP contribution is -2.29. The van der Waals surface area contributed by atoms with E-state index in [1.165, 1.54) is 0 Å². The topological polar surface area (TPSA) is 35.5 Å². The SMILES string of the molecule is CC(C)[C@@H](C)O[C@@H]1OC(=O)C2C1C2(C)C. The molecule has 1 heterocycles. The molecule has 86 valence electrons. The maximum atomic E-state index is 11.5. The molecule has 0 radical (unpaired) electrons. The van der Waals surface area contributed by atoms with Gasteiger partial charge in [-0.3, -0.25) is 4.79 Å². The van der Waals surface area contributed by atoms with Crippen molar-refractivity contribution in [2.75, 3.05) is 0 Å². The van der Waals surface area contributed by atoms with E-state index in [-0.39, 0.29) is 35.6 Å². The summed E-state index contributed by atoms with van der Waals surface area (Å²) in [6.07, 6.45) is -0.173. The molecule has 2 fully saturated rings. The quantitative estimate of drug-likeness (QED) is 0.673. The zero-order valence-electron chi connectivity index (χ0n) is 10.1. The lowest BCUT2D eigenvalue weighted by Gasteiger charge is -2.24. The van der Waals surface area contributed by atoms with Crippen LogP contribution in [-0.2, 0) is 14.3 Å². The molecule has 1 aliphatic heterocycles. The van der Waals surface area contributed by atoms with E-state index in [4.69, 9.17) is 9.47 Å². The molecule has 2 aliphatic rings. The van der Waals surface area contributed by atoms with Crippen LogP contribution in [0.25, 0.3) is 0 Å². The van der Waals surface area contributed by atoms with E-state index in [1.54, 1.807) is 0 Å². The molecule has 3 heteroatoms. The van der Waals surface area contributed by atoms with Gasteiger partial charge >= 0.3 is 5.97 Å². The molecule has 2 unspecified atom stereocenters. The van der Waals surface area contributed by atoms with Gasteiger partial charge in [-0.05, 0) is 18.3 Å². The van der Waals surface area contributed by atoms with Crippen LogP contribution >= 0.6 is 0 Å². The summed E-state index contributed by atoms with van der Waals surface area (Å²) in [5, 5.41) is 0. The van der Waals surface area contributed by atoms with Crippen LogP contribution in [0, 0.1) is 23.2 Å². The Morgan fingerprint density at radius 2 is 1.93 bits per heavy atom. The molecule has 0 amide bonds. The number of esters is 1. The van der Waals surface area contributed by atoms with E-state index in [1.807, 2.05) is 6.92 Å². The fourth-order valence-electron chi connectivity index (χ4n) is 2.38. The smallest absolute Gasteiger partial charge is 0.312 e. The van der Waals surface area contributed by atoms with Crippen LogP contribution in [0.4, 0.5) is 0 Å². The Kier molecular flexibility index (Phi) is 2.34. The summed E-state index contributed by atoms with van der Waals surface area (Å²) in [4.78, 5) is 11.5. The van der Waals surface area contributed by atoms with Gasteiger partial charge in [-0.25, -0.2) is 0 Å². The number of carbonyl (C=O) groups excluding carboxylic acids is 1. The number of hydrogen-bond acceptors (Lipinski definition) is 3. The van der Waals surface area contributed by atoms with E-state index >= 15 is 0 Å². The van der Waals surface area contributed by atoms with Gasteiger partial charge in [0.15, 0.2) is 0 Å². The third-order valence-corrected chi connectivity index (χ3v) is 3.98. The van der Waals surface area contributed by atoms with Crippen molar-refractivity contribution in [2.24, 2.45) is 23.2 Å². The van der Waals surface area contributed by atoms with Crippen molar-refractivity contribution >= 4 is 5.97 Å². The zero-order valence-corrected chi connectivity index (χ0v) is 10.1. The molecule has 0 aromatic heterocycles. The highest BCUT2D eigenvalue weighted by Crippen LogP contribution is 2.64. The van der Waals surface area contributed by atoms with Gasteiger partial charge in [0, 0.05) is 5.92 Å². The molecule has 3 nitrogen and oxygen atoms in total. The molecule has 0 aromatic carbocycles. The second-order valence-corrected chi connectivity index (χ2v) is 5.72. The Bertz CT molecular complexity index is 283. The number of carbonyl (C=O) groups is 1. The minimum atomic E-state index is -0.310. The minimum Gasteiger partial charge on any atom is -0.435 e. The van der Waals surface area contributed by atoms with Crippen molar-refractivity contribution in [1.82, 2.24) is 0 Å². The molecule has 0 bridgehead atoms. The fourth-order valence-corrected chi connectivity index (χ4v) is 2.38. The largest absolute Gasteiger partial charge is 0.435 e. The summed E-state index contributed by atoms with van der Waals surface area (Å²) in [6, 6.07) is 0. The van der Waals surface area contributed by atoms with E-state index in [0.717, 1.165) is 0 Å². The first kappa shape index (κ1) is 10.9. The summed E-state index contributed by atoms with van der Waals surface area (Å²) in [7, 11) is 0. The van der Waals surface area contributed by atoms with Gasteiger partial charge in [0.05, 0.1) is 12.0 Å². The predicted molar refractivity (Wildman–Crippen MR) is 56.0 cm³/mol. The molecule has 1 aliphatic carbocycles. The first-order chi connectivity index (χ1) is 6.85. The lowest BCUT2D eigenvalue weighted by atomic mass is 10.1. The monoisotopic (exact) mass is 212 g/mol. The number of cyclic esters (lactones) is 1. The van der Waals surface area contributed by atoms with Crippen molar-refractivity contribution in [3.05, 3.63) is 0 Å². The summed E-state index contributed by atoms with van der Waals surface area (Å²) in [5.74, 6) is 0.712. The normalized spacial score (nSPS) is 38.8. The third-order valence-electron chi connectivity index (χ3n) is 3.98. The van der Waals surface area contributed by atoms with Gasteiger partial charge in [-0.1, -0.05) is 27.7 Å². The Balaban J connectivity index is 1.99. The van der Waals surface area contributed by atoms with E-state index in [9.17, 15) is 4.79 Å². The molecule has 0 spiro atoms. The summed E-state index contributed by atoms with van der Waals surface area (Å²) >= 11 is 0. The molecule has 0 aromatic rings. The summed E-state index contributed by atoms with van der Waals surface area (Å²) in [5.41, 5.74) is 0.0801. The Morgan fingerprint density at radius 3 is 2.33 bits per heavy atom. The number of ether oxygens (including phenoxy) is 2. The first-order valence-corrected chi connectivity index (χ1v) is 5.71. The van der Waals surface area contributed by atoms with Crippen LogP contribution in [0.2, 0.25) is 0 Å². The van der Waals surface area contributed by atoms with Crippen LogP contribution in [-0.4, -0.2) is 18.4 Å². The fraction of sp³-hybridized carbons (Fsp3) is 0.917. The van der Waals surface area contributed by atoms with Crippen molar-refractivity contribution in [3.8, 4) is 0 Å².